The number of nitrogens with zero attached hydrogens (tertiary/aromatic N) is 1. The molecule has 2 N–H and O–H groups in total. The number of rotatable bonds is 3. The van der Waals surface area contributed by atoms with E-state index in [-0.39, 0.29) is 23.9 Å². The van der Waals surface area contributed by atoms with Gasteiger partial charge in [0.2, 0.25) is 0 Å². The molecule has 0 saturated heterocycles. The first kappa shape index (κ1) is 18.5. The van der Waals surface area contributed by atoms with Gasteiger partial charge >= 0.3 is 12.0 Å². The van der Waals surface area contributed by atoms with Crippen molar-refractivity contribution >= 4 is 12.0 Å². The van der Waals surface area contributed by atoms with Crippen molar-refractivity contribution in [3.05, 3.63) is 71.3 Å². The second-order valence-electron chi connectivity index (χ2n) is 7.88. The molecule has 2 aromatic rings. The Balaban J connectivity index is 1.47. The SMILES string of the molecule is O=C(O)C1CCC(NC(=O)N2Cc3ccccc3[C@H](c3ccccc3)C2)CC1. The topological polar surface area (TPSA) is 69.6 Å². The van der Waals surface area contributed by atoms with Crippen molar-refractivity contribution in [3.63, 3.8) is 0 Å². The molecule has 0 bridgehead atoms. The zero-order valence-corrected chi connectivity index (χ0v) is 15.9. The standard InChI is InChI=1S/C23H26N2O3/c26-22(27)17-10-12-19(13-11-17)24-23(28)25-14-18-8-4-5-9-20(18)21(15-25)16-6-2-1-3-7-16/h1-9,17,19,21H,10-15H2,(H,24,28)(H,26,27)/t17?,19?,21-/m0/s1. The summed E-state index contributed by atoms with van der Waals surface area (Å²) in [6, 6.07) is 18.7. The summed E-state index contributed by atoms with van der Waals surface area (Å²) in [6.45, 7) is 1.26. The highest BCUT2D eigenvalue weighted by Gasteiger charge is 2.31. The molecule has 0 aromatic heterocycles. The van der Waals surface area contributed by atoms with Crippen molar-refractivity contribution in [1.29, 1.82) is 0 Å². The van der Waals surface area contributed by atoms with Crippen molar-refractivity contribution in [2.75, 3.05) is 6.54 Å². The minimum Gasteiger partial charge on any atom is -0.481 e. The zero-order chi connectivity index (χ0) is 19.5. The molecule has 2 aliphatic rings. The number of carbonyl (C=O) groups is 2. The smallest absolute Gasteiger partial charge is 0.317 e. The van der Waals surface area contributed by atoms with Gasteiger partial charge in [0.1, 0.15) is 0 Å². The second kappa shape index (κ2) is 8.05. The second-order valence-corrected chi connectivity index (χ2v) is 7.88. The minimum atomic E-state index is -0.719. The maximum absolute atomic E-state index is 13.0. The molecule has 5 nitrogen and oxygen atoms in total. The molecular formula is C23H26N2O3. The van der Waals surface area contributed by atoms with Crippen LogP contribution >= 0.6 is 0 Å². The lowest BCUT2D eigenvalue weighted by Gasteiger charge is -2.36. The summed E-state index contributed by atoms with van der Waals surface area (Å²) in [5, 5.41) is 12.3. The highest BCUT2D eigenvalue weighted by molar-refractivity contribution is 5.75. The Morgan fingerprint density at radius 2 is 1.61 bits per heavy atom. The van der Waals surface area contributed by atoms with Crippen LogP contribution in [0.4, 0.5) is 4.79 Å². The molecule has 2 aromatic carbocycles. The molecule has 4 rings (SSSR count). The van der Waals surface area contributed by atoms with Crippen LogP contribution in [0.1, 0.15) is 48.3 Å². The van der Waals surface area contributed by atoms with E-state index in [9.17, 15) is 9.59 Å². The molecule has 0 unspecified atom stereocenters. The van der Waals surface area contributed by atoms with Crippen LogP contribution in [-0.2, 0) is 11.3 Å². The predicted octanol–water partition coefficient (Wildman–Crippen LogP) is 3.99. The van der Waals surface area contributed by atoms with Crippen LogP contribution in [0, 0.1) is 5.92 Å². The molecule has 146 valence electrons. The number of fused-ring (bicyclic) bond motifs is 1. The number of carbonyl (C=O) groups excluding carboxylic acids is 1. The fourth-order valence-corrected chi connectivity index (χ4v) is 4.48. The fourth-order valence-electron chi connectivity index (χ4n) is 4.48. The predicted molar refractivity (Wildman–Crippen MR) is 107 cm³/mol. The van der Waals surface area contributed by atoms with Gasteiger partial charge in [0.15, 0.2) is 0 Å². The Labute approximate surface area is 165 Å². The van der Waals surface area contributed by atoms with Crippen LogP contribution in [0.25, 0.3) is 0 Å². The number of urea groups is 1. The van der Waals surface area contributed by atoms with Crippen molar-refractivity contribution < 1.29 is 14.7 Å². The zero-order valence-electron chi connectivity index (χ0n) is 15.9. The van der Waals surface area contributed by atoms with Gasteiger partial charge in [-0.05, 0) is 42.4 Å². The van der Waals surface area contributed by atoms with E-state index in [2.05, 4.69) is 35.6 Å². The average Bonchev–Trinajstić information content (AvgIpc) is 2.74. The molecule has 0 spiro atoms. The Morgan fingerprint density at radius 3 is 2.32 bits per heavy atom. The van der Waals surface area contributed by atoms with Gasteiger partial charge in [-0.1, -0.05) is 54.6 Å². The van der Waals surface area contributed by atoms with Gasteiger partial charge in [0, 0.05) is 25.0 Å². The van der Waals surface area contributed by atoms with Crippen molar-refractivity contribution in [3.8, 4) is 0 Å². The van der Waals surface area contributed by atoms with Gasteiger partial charge in [-0.2, -0.15) is 0 Å². The van der Waals surface area contributed by atoms with Crippen LogP contribution in [0.3, 0.4) is 0 Å². The van der Waals surface area contributed by atoms with Crippen LogP contribution in [-0.4, -0.2) is 34.6 Å². The summed E-state index contributed by atoms with van der Waals surface area (Å²) in [5.74, 6) is -0.819. The third-order valence-corrected chi connectivity index (χ3v) is 6.09. The van der Waals surface area contributed by atoms with Gasteiger partial charge in [-0.25, -0.2) is 4.79 Å². The normalized spacial score (nSPS) is 24.3. The molecule has 1 aliphatic heterocycles. The highest BCUT2D eigenvalue weighted by atomic mass is 16.4. The van der Waals surface area contributed by atoms with E-state index in [1.807, 2.05) is 29.2 Å². The molecular weight excluding hydrogens is 352 g/mol. The van der Waals surface area contributed by atoms with E-state index in [1.165, 1.54) is 16.7 Å². The number of hydrogen-bond acceptors (Lipinski definition) is 2. The molecule has 1 fully saturated rings. The summed E-state index contributed by atoms with van der Waals surface area (Å²) < 4.78 is 0. The van der Waals surface area contributed by atoms with Crippen LogP contribution in [0.15, 0.2) is 54.6 Å². The third kappa shape index (κ3) is 3.88. The molecule has 1 atom stereocenters. The maximum Gasteiger partial charge on any atom is 0.317 e. The Kier molecular flexibility index (Phi) is 5.33. The molecule has 0 radical (unpaired) electrons. The molecule has 28 heavy (non-hydrogen) atoms. The first-order chi connectivity index (χ1) is 13.6. The van der Waals surface area contributed by atoms with E-state index in [0.29, 0.717) is 25.9 Å². The molecule has 1 saturated carbocycles. The number of benzene rings is 2. The largest absolute Gasteiger partial charge is 0.481 e. The number of amides is 2. The number of aliphatic carboxylic acids is 1. The number of carboxylic acids is 1. The van der Waals surface area contributed by atoms with Gasteiger partial charge in [-0.3, -0.25) is 4.79 Å². The molecule has 1 aliphatic carbocycles. The summed E-state index contributed by atoms with van der Waals surface area (Å²) in [6.07, 6.45) is 2.73. The van der Waals surface area contributed by atoms with E-state index >= 15 is 0 Å². The monoisotopic (exact) mass is 378 g/mol. The van der Waals surface area contributed by atoms with Gasteiger partial charge in [0.05, 0.1) is 5.92 Å². The average molecular weight is 378 g/mol. The van der Waals surface area contributed by atoms with E-state index in [1.54, 1.807) is 0 Å². The van der Waals surface area contributed by atoms with Crippen LogP contribution in [0.5, 0.6) is 0 Å². The van der Waals surface area contributed by atoms with Crippen molar-refractivity contribution in [2.24, 2.45) is 5.92 Å². The van der Waals surface area contributed by atoms with E-state index in [4.69, 9.17) is 5.11 Å². The Morgan fingerprint density at radius 1 is 0.929 bits per heavy atom. The maximum atomic E-state index is 13.0. The fraction of sp³-hybridized carbons (Fsp3) is 0.391. The molecule has 5 heteroatoms. The first-order valence-corrected chi connectivity index (χ1v) is 10.0. The lowest BCUT2D eigenvalue weighted by Crippen LogP contribution is -2.48. The van der Waals surface area contributed by atoms with Crippen molar-refractivity contribution in [1.82, 2.24) is 10.2 Å². The molecule has 2 amide bonds. The number of carboxylic acid groups (broad SMARTS) is 1. The summed E-state index contributed by atoms with van der Waals surface area (Å²) in [7, 11) is 0. The number of hydrogen-bond donors (Lipinski definition) is 2. The first-order valence-electron chi connectivity index (χ1n) is 10.0. The summed E-state index contributed by atoms with van der Waals surface area (Å²) in [4.78, 5) is 26.0. The summed E-state index contributed by atoms with van der Waals surface area (Å²) in [5.41, 5.74) is 3.70. The molecule has 1 heterocycles. The van der Waals surface area contributed by atoms with Gasteiger partial charge in [0.25, 0.3) is 0 Å². The van der Waals surface area contributed by atoms with Gasteiger partial charge < -0.3 is 15.3 Å². The third-order valence-electron chi connectivity index (χ3n) is 6.09. The van der Waals surface area contributed by atoms with Crippen molar-refractivity contribution in [2.45, 2.75) is 44.2 Å². The van der Waals surface area contributed by atoms with Crippen LogP contribution in [0.2, 0.25) is 0 Å². The lowest BCUT2D eigenvalue weighted by molar-refractivity contribution is -0.142. The van der Waals surface area contributed by atoms with E-state index < -0.39 is 5.97 Å². The number of nitrogens with one attached hydrogen (secondary N) is 1. The summed E-state index contributed by atoms with van der Waals surface area (Å²) >= 11 is 0. The van der Waals surface area contributed by atoms with Crippen LogP contribution < -0.4 is 5.32 Å². The Hall–Kier alpha value is -2.82. The Bertz CT molecular complexity index is 844. The minimum absolute atomic E-state index is 0.0470. The van der Waals surface area contributed by atoms with Gasteiger partial charge in [-0.15, -0.1) is 0 Å². The lowest BCUT2D eigenvalue weighted by atomic mass is 9.84. The van der Waals surface area contributed by atoms with E-state index in [0.717, 1.165) is 12.8 Å². The quantitative estimate of drug-likeness (QED) is 0.849. The highest BCUT2D eigenvalue weighted by Crippen LogP contribution is 2.33.